The van der Waals surface area contributed by atoms with Crippen LogP contribution in [-0.4, -0.2) is 31.8 Å². The standard InChI is InChI=1S/C15H14ClF3N2O2S2/c1-21(2)25(22,23)12-5-3-4-10(6-12)9-24-14-13(16)7-11(8-20-14)15(17,18)19/h3-8H,9H2,1-2H3. The molecule has 4 nitrogen and oxygen atoms in total. The third kappa shape index (κ3) is 4.87. The SMILES string of the molecule is CN(C)S(=O)(=O)c1cccc(CSc2ncc(C(F)(F)F)cc2Cl)c1. The van der Waals surface area contributed by atoms with Crippen molar-refractivity contribution in [1.29, 1.82) is 0 Å². The van der Waals surface area contributed by atoms with Gasteiger partial charge in [-0.3, -0.25) is 0 Å². The fraction of sp³-hybridized carbons (Fsp3) is 0.267. The second-order valence-electron chi connectivity index (χ2n) is 5.23. The first-order chi connectivity index (χ1) is 11.5. The summed E-state index contributed by atoms with van der Waals surface area (Å²) >= 11 is 6.99. The molecule has 1 aromatic carbocycles. The van der Waals surface area contributed by atoms with Crippen LogP contribution in [0.3, 0.4) is 0 Å². The minimum atomic E-state index is -4.51. The second kappa shape index (κ2) is 7.53. The van der Waals surface area contributed by atoms with Crippen molar-refractivity contribution in [3.05, 3.63) is 52.7 Å². The molecule has 0 spiro atoms. The van der Waals surface area contributed by atoms with Gasteiger partial charge in [-0.1, -0.05) is 23.7 Å². The normalized spacial score (nSPS) is 12.6. The van der Waals surface area contributed by atoms with Crippen LogP contribution in [0, 0.1) is 0 Å². The smallest absolute Gasteiger partial charge is 0.248 e. The van der Waals surface area contributed by atoms with Crippen LogP contribution in [0.2, 0.25) is 5.02 Å². The molecule has 0 aliphatic carbocycles. The first-order valence-electron chi connectivity index (χ1n) is 6.89. The monoisotopic (exact) mass is 410 g/mol. The average molecular weight is 411 g/mol. The van der Waals surface area contributed by atoms with E-state index in [1.165, 1.54) is 26.2 Å². The molecule has 0 aliphatic rings. The van der Waals surface area contributed by atoms with Crippen molar-refractivity contribution >= 4 is 33.4 Å². The molecule has 0 radical (unpaired) electrons. The molecule has 10 heteroatoms. The zero-order valence-corrected chi connectivity index (χ0v) is 15.6. The van der Waals surface area contributed by atoms with Gasteiger partial charge in [0.15, 0.2) is 0 Å². The van der Waals surface area contributed by atoms with Crippen LogP contribution >= 0.6 is 23.4 Å². The van der Waals surface area contributed by atoms with Crippen molar-refractivity contribution in [2.45, 2.75) is 21.9 Å². The van der Waals surface area contributed by atoms with Gasteiger partial charge >= 0.3 is 6.18 Å². The number of halogens is 4. The summed E-state index contributed by atoms with van der Waals surface area (Å²) in [4.78, 5) is 3.88. The predicted octanol–water partition coefficient (Wildman–Crippen LogP) is 4.30. The Hall–Kier alpha value is -1.29. The Bertz CT molecular complexity index is 871. The van der Waals surface area contributed by atoms with E-state index in [4.69, 9.17) is 11.6 Å². The number of nitrogens with zero attached hydrogens (tertiary/aromatic N) is 2. The van der Waals surface area contributed by atoms with Gasteiger partial charge in [-0.15, -0.1) is 11.8 Å². The second-order valence-corrected chi connectivity index (χ2v) is 8.76. The lowest BCUT2D eigenvalue weighted by Crippen LogP contribution is -2.22. The summed E-state index contributed by atoms with van der Waals surface area (Å²) in [6, 6.07) is 7.14. The molecule has 1 heterocycles. The Labute approximate surface area is 153 Å². The van der Waals surface area contributed by atoms with Gasteiger partial charge in [-0.05, 0) is 23.8 Å². The van der Waals surface area contributed by atoms with Gasteiger partial charge in [0.05, 0.1) is 15.5 Å². The Morgan fingerprint density at radius 2 is 1.92 bits per heavy atom. The van der Waals surface area contributed by atoms with Crippen molar-refractivity contribution < 1.29 is 21.6 Å². The first kappa shape index (κ1) is 20.0. The average Bonchev–Trinajstić information content (AvgIpc) is 2.53. The zero-order valence-electron chi connectivity index (χ0n) is 13.2. The predicted molar refractivity (Wildman–Crippen MR) is 91.1 cm³/mol. The summed E-state index contributed by atoms with van der Waals surface area (Å²) in [6.07, 6.45) is -3.78. The number of benzene rings is 1. The van der Waals surface area contributed by atoms with Crippen LogP contribution < -0.4 is 0 Å². The maximum Gasteiger partial charge on any atom is 0.417 e. The molecule has 0 atom stereocenters. The molecule has 0 unspecified atom stereocenters. The molecule has 0 saturated carbocycles. The van der Waals surface area contributed by atoms with Crippen molar-refractivity contribution in [3.63, 3.8) is 0 Å². The minimum absolute atomic E-state index is 0.100. The highest BCUT2D eigenvalue weighted by molar-refractivity contribution is 7.98. The molecule has 2 rings (SSSR count). The molecule has 0 amide bonds. The lowest BCUT2D eigenvalue weighted by Gasteiger charge is -2.12. The highest BCUT2D eigenvalue weighted by atomic mass is 35.5. The summed E-state index contributed by atoms with van der Waals surface area (Å²) in [5.41, 5.74) is -0.230. The molecular formula is C15H14ClF3N2O2S2. The Morgan fingerprint density at radius 3 is 2.48 bits per heavy atom. The summed E-state index contributed by atoms with van der Waals surface area (Å²) in [5.74, 6) is 0.314. The zero-order chi connectivity index (χ0) is 18.8. The third-order valence-corrected chi connectivity index (χ3v) is 6.48. The molecule has 2 aromatic rings. The van der Waals surface area contributed by atoms with Crippen molar-refractivity contribution in [3.8, 4) is 0 Å². The van der Waals surface area contributed by atoms with E-state index in [1.54, 1.807) is 12.1 Å². The summed E-state index contributed by atoms with van der Waals surface area (Å²) < 4.78 is 63.2. The van der Waals surface area contributed by atoms with E-state index in [0.29, 0.717) is 11.3 Å². The number of sulfonamides is 1. The topological polar surface area (TPSA) is 50.3 Å². The quantitative estimate of drug-likeness (QED) is 0.690. The number of pyridine rings is 1. The molecule has 0 bridgehead atoms. The van der Waals surface area contributed by atoms with Gasteiger partial charge in [0.25, 0.3) is 0 Å². The molecule has 136 valence electrons. The van der Waals surface area contributed by atoms with Gasteiger partial charge in [0, 0.05) is 26.0 Å². The van der Waals surface area contributed by atoms with E-state index in [2.05, 4.69) is 4.98 Å². The van der Waals surface area contributed by atoms with Gasteiger partial charge in [0.1, 0.15) is 5.03 Å². The number of thioether (sulfide) groups is 1. The molecule has 0 saturated heterocycles. The van der Waals surface area contributed by atoms with Crippen LogP contribution in [0.15, 0.2) is 46.5 Å². The number of hydrogen-bond donors (Lipinski definition) is 0. The minimum Gasteiger partial charge on any atom is -0.248 e. The number of alkyl halides is 3. The van der Waals surface area contributed by atoms with Gasteiger partial charge in [-0.25, -0.2) is 17.7 Å². The van der Waals surface area contributed by atoms with Crippen LogP contribution in [0.1, 0.15) is 11.1 Å². The molecule has 0 fully saturated rings. The Morgan fingerprint density at radius 1 is 1.24 bits per heavy atom. The fourth-order valence-corrected chi connectivity index (χ4v) is 3.95. The number of aromatic nitrogens is 1. The number of rotatable bonds is 5. The van der Waals surface area contributed by atoms with Crippen molar-refractivity contribution in [1.82, 2.24) is 9.29 Å². The van der Waals surface area contributed by atoms with Crippen LogP contribution in [-0.2, 0) is 22.0 Å². The largest absolute Gasteiger partial charge is 0.417 e. The van der Waals surface area contributed by atoms with E-state index in [0.717, 1.165) is 28.3 Å². The van der Waals surface area contributed by atoms with E-state index < -0.39 is 21.8 Å². The van der Waals surface area contributed by atoms with E-state index in [-0.39, 0.29) is 14.9 Å². The summed E-state index contributed by atoms with van der Waals surface area (Å²) in [6.45, 7) is 0. The highest BCUT2D eigenvalue weighted by Crippen LogP contribution is 2.34. The third-order valence-electron chi connectivity index (χ3n) is 3.19. The maximum absolute atomic E-state index is 12.6. The fourth-order valence-electron chi connectivity index (χ4n) is 1.84. The van der Waals surface area contributed by atoms with Gasteiger partial charge in [-0.2, -0.15) is 13.2 Å². The maximum atomic E-state index is 12.6. The Balaban J connectivity index is 2.18. The van der Waals surface area contributed by atoms with Crippen LogP contribution in [0.25, 0.3) is 0 Å². The molecule has 25 heavy (non-hydrogen) atoms. The highest BCUT2D eigenvalue weighted by Gasteiger charge is 2.31. The molecule has 0 N–H and O–H groups in total. The van der Waals surface area contributed by atoms with Crippen molar-refractivity contribution in [2.75, 3.05) is 14.1 Å². The van der Waals surface area contributed by atoms with E-state index in [9.17, 15) is 21.6 Å². The van der Waals surface area contributed by atoms with Gasteiger partial charge in [0.2, 0.25) is 10.0 Å². The van der Waals surface area contributed by atoms with Gasteiger partial charge < -0.3 is 0 Å². The van der Waals surface area contributed by atoms with Crippen molar-refractivity contribution in [2.24, 2.45) is 0 Å². The van der Waals surface area contributed by atoms with Crippen LogP contribution in [0.4, 0.5) is 13.2 Å². The van der Waals surface area contributed by atoms with E-state index in [1.807, 2.05) is 0 Å². The Kier molecular flexibility index (Phi) is 6.03. The molecule has 1 aromatic heterocycles. The molecular weight excluding hydrogens is 397 g/mol. The summed E-state index contributed by atoms with van der Waals surface area (Å²) in [7, 11) is -0.689. The summed E-state index contributed by atoms with van der Waals surface area (Å²) in [5, 5.41) is 0.146. The first-order valence-corrected chi connectivity index (χ1v) is 9.69. The van der Waals surface area contributed by atoms with E-state index >= 15 is 0 Å². The lowest BCUT2D eigenvalue weighted by molar-refractivity contribution is -0.137. The lowest BCUT2D eigenvalue weighted by atomic mass is 10.2. The molecule has 0 aliphatic heterocycles. The number of hydrogen-bond acceptors (Lipinski definition) is 4. The van der Waals surface area contributed by atoms with Crippen LogP contribution in [0.5, 0.6) is 0 Å².